The van der Waals surface area contributed by atoms with Crippen LogP contribution in [0.1, 0.15) is 44.2 Å². The van der Waals surface area contributed by atoms with Crippen molar-refractivity contribution >= 4 is 5.69 Å². The van der Waals surface area contributed by atoms with Gasteiger partial charge in [0.25, 0.3) is 0 Å². The molecule has 0 bridgehead atoms. The zero-order valence-electron chi connectivity index (χ0n) is 17.9. The van der Waals surface area contributed by atoms with E-state index in [0.717, 1.165) is 49.0 Å². The van der Waals surface area contributed by atoms with Crippen molar-refractivity contribution in [1.29, 1.82) is 0 Å². The van der Waals surface area contributed by atoms with E-state index < -0.39 is 0 Å². The second-order valence-corrected chi connectivity index (χ2v) is 8.81. The molecule has 30 heavy (non-hydrogen) atoms. The van der Waals surface area contributed by atoms with Gasteiger partial charge in [-0.2, -0.15) is 0 Å². The number of aromatic nitrogens is 2. The fourth-order valence-corrected chi connectivity index (χ4v) is 4.31. The van der Waals surface area contributed by atoms with Gasteiger partial charge in [-0.25, -0.2) is 4.39 Å². The highest BCUT2D eigenvalue weighted by Gasteiger charge is 2.22. The van der Waals surface area contributed by atoms with Crippen LogP contribution in [0.3, 0.4) is 0 Å². The normalized spacial score (nSPS) is 21.5. The van der Waals surface area contributed by atoms with Crippen molar-refractivity contribution in [3.8, 4) is 11.1 Å². The Morgan fingerprint density at radius 1 is 1.03 bits per heavy atom. The number of halogens is 1. The lowest BCUT2D eigenvalue weighted by molar-refractivity contribution is 0.188. The van der Waals surface area contributed by atoms with Crippen molar-refractivity contribution in [2.45, 2.75) is 51.0 Å². The van der Waals surface area contributed by atoms with Gasteiger partial charge in [-0.3, -0.25) is 9.97 Å². The Hall–Kier alpha value is -2.05. The predicted octanol–water partition coefficient (Wildman–Crippen LogP) is 4.44. The molecule has 2 saturated carbocycles. The highest BCUT2D eigenvalue weighted by Crippen LogP contribution is 2.31. The van der Waals surface area contributed by atoms with Crippen LogP contribution in [0.4, 0.5) is 10.1 Å². The molecule has 162 valence electrons. The molecule has 2 aromatic heterocycles. The molecule has 0 spiro atoms. The van der Waals surface area contributed by atoms with Gasteiger partial charge >= 0.3 is 0 Å². The Balaban J connectivity index is 1.36. The summed E-state index contributed by atoms with van der Waals surface area (Å²) >= 11 is 0. The molecule has 4 rings (SSSR count). The van der Waals surface area contributed by atoms with E-state index in [9.17, 15) is 4.39 Å². The Bertz CT molecular complexity index is 819. The zero-order chi connectivity index (χ0) is 20.8. The van der Waals surface area contributed by atoms with Crippen LogP contribution in [0, 0.1) is 17.7 Å². The van der Waals surface area contributed by atoms with Crippen LogP contribution in [0.5, 0.6) is 0 Å². The molecule has 0 atom stereocenters. The SMILES string of the molecule is COCCNC1CCC(Cc2cc(-c3cncc(NCC4CC4)c3)c(F)cn2)CC1. The number of nitrogens with one attached hydrogen (secondary N) is 2. The lowest BCUT2D eigenvalue weighted by Gasteiger charge is -2.29. The van der Waals surface area contributed by atoms with Crippen molar-refractivity contribution in [1.82, 2.24) is 15.3 Å². The summed E-state index contributed by atoms with van der Waals surface area (Å²) < 4.78 is 19.7. The monoisotopic (exact) mass is 412 g/mol. The minimum atomic E-state index is -0.286. The molecule has 0 aromatic carbocycles. The molecule has 2 heterocycles. The maximum atomic E-state index is 14.6. The summed E-state index contributed by atoms with van der Waals surface area (Å²) in [5, 5.41) is 6.99. The fourth-order valence-electron chi connectivity index (χ4n) is 4.31. The van der Waals surface area contributed by atoms with Crippen molar-refractivity contribution < 1.29 is 9.13 Å². The van der Waals surface area contributed by atoms with Crippen molar-refractivity contribution in [2.75, 3.05) is 32.1 Å². The molecule has 6 heteroatoms. The number of pyridine rings is 2. The molecular weight excluding hydrogens is 379 g/mol. The van der Waals surface area contributed by atoms with Crippen molar-refractivity contribution in [3.63, 3.8) is 0 Å². The molecule has 2 aliphatic carbocycles. The Morgan fingerprint density at radius 3 is 2.60 bits per heavy atom. The predicted molar refractivity (Wildman–Crippen MR) is 118 cm³/mol. The number of ether oxygens (including phenoxy) is 1. The number of hydrogen-bond donors (Lipinski definition) is 2. The number of methoxy groups -OCH3 is 1. The fraction of sp³-hybridized carbons (Fsp3) is 0.583. The molecule has 5 nitrogen and oxygen atoms in total. The molecule has 2 aliphatic rings. The zero-order valence-corrected chi connectivity index (χ0v) is 17.9. The van der Waals surface area contributed by atoms with Gasteiger partial charge in [-0.15, -0.1) is 0 Å². The summed E-state index contributed by atoms with van der Waals surface area (Å²) in [5.74, 6) is 1.11. The van der Waals surface area contributed by atoms with Gasteiger partial charge < -0.3 is 15.4 Å². The first-order valence-corrected chi connectivity index (χ1v) is 11.3. The lowest BCUT2D eigenvalue weighted by Crippen LogP contribution is -2.35. The third-order valence-corrected chi connectivity index (χ3v) is 6.34. The summed E-state index contributed by atoms with van der Waals surface area (Å²) in [6, 6.07) is 4.50. The van der Waals surface area contributed by atoms with Crippen molar-refractivity contribution in [3.05, 3.63) is 42.2 Å². The average Bonchev–Trinajstić information content (AvgIpc) is 3.60. The first-order valence-electron chi connectivity index (χ1n) is 11.3. The molecule has 2 aromatic rings. The maximum Gasteiger partial charge on any atom is 0.149 e. The second kappa shape index (κ2) is 10.3. The van der Waals surface area contributed by atoms with Gasteiger partial charge in [-0.05, 0) is 68.9 Å². The number of rotatable bonds is 10. The van der Waals surface area contributed by atoms with Gasteiger partial charge in [0.05, 0.1) is 18.5 Å². The summed E-state index contributed by atoms with van der Waals surface area (Å²) in [4.78, 5) is 8.70. The second-order valence-electron chi connectivity index (χ2n) is 8.81. The molecule has 0 saturated heterocycles. The van der Waals surface area contributed by atoms with E-state index in [1.54, 1.807) is 13.3 Å². The summed E-state index contributed by atoms with van der Waals surface area (Å²) in [5.41, 5.74) is 3.33. The van der Waals surface area contributed by atoms with Gasteiger partial charge in [0.1, 0.15) is 5.82 Å². The van der Waals surface area contributed by atoms with E-state index in [4.69, 9.17) is 4.74 Å². The van der Waals surface area contributed by atoms with E-state index in [1.807, 2.05) is 18.3 Å². The van der Waals surface area contributed by atoms with Crippen LogP contribution >= 0.6 is 0 Å². The van der Waals surface area contributed by atoms with Gasteiger partial charge in [0.15, 0.2) is 0 Å². The van der Waals surface area contributed by atoms with Crippen LogP contribution in [0.25, 0.3) is 11.1 Å². The summed E-state index contributed by atoms with van der Waals surface area (Å²) in [7, 11) is 1.74. The highest BCUT2D eigenvalue weighted by molar-refractivity contribution is 5.67. The van der Waals surface area contributed by atoms with Gasteiger partial charge in [0, 0.05) is 55.5 Å². The van der Waals surface area contributed by atoms with E-state index in [2.05, 4.69) is 20.6 Å². The van der Waals surface area contributed by atoms with E-state index in [1.165, 1.54) is 44.7 Å². The Kier molecular flexibility index (Phi) is 7.28. The van der Waals surface area contributed by atoms with Gasteiger partial charge in [-0.1, -0.05) is 0 Å². The third kappa shape index (κ3) is 5.99. The molecule has 0 radical (unpaired) electrons. The topological polar surface area (TPSA) is 59.1 Å². The standard InChI is InChI=1S/C24H33FN4O/c1-30-9-8-27-20-6-4-17(5-7-20)10-21-12-23(24(25)16-29-21)19-11-22(15-26-14-19)28-13-18-2-3-18/h11-12,14-18,20,27-28H,2-10,13H2,1H3. The van der Waals surface area contributed by atoms with Crippen LogP contribution in [-0.2, 0) is 11.2 Å². The number of nitrogens with zero attached hydrogens (tertiary/aromatic N) is 2. The van der Waals surface area contributed by atoms with E-state index >= 15 is 0 Å². The Labute approximate surface area is 178 Å². The Morgan fingerprint density at radius 2 is 1.83 bits per heavy atom. The molecule has 0 aliphatic heterocycles. The summed E-state index contributed by atoms with van der Waals surface area (Å²) in [6.45, 7) is 2.64. The minimum absolute atomic E-state index is 0.286. The van der Waals surface area contributed by atoms with Crippen LogP contribution in [0.15, 0.2) is 30.7 Å². The van der Waals surface area contributed by atoms with Crippen LogP contribution in [-0.4, -0.2) is 42.8 Å². The molecule has 2 fully saturated rings. The summed E-state index contributed by atoms with van der Waals surface area (Å²) in [6.07, 6.45) is 13.1. The van der Waals surface area contributed by atoms with Crippen LogP contribution in [0.2, 0.25) is 0 Å². The number of anilines is 1. The minimum Gasteiger partial charge on any atom is -0.384 e. The molecular formula is C24H33FN4O. The average molecular weight is 413 g/mol. The lowest BCUT2D eigenvalue weighted by atomic mass is 9.83. The van der Waals surface area contributed by atoms with Crippen LogP contribution < -0.4 is 10.6 Å². The first kappa shape index (κ1) is 21.2. The number of hydrogen-bond acceptors (Lipinski definition) is 5. The van der Waals surface area contributed by atoms with Crippen molar-refractivity contribution in [2.24, 2.45) is 11.8 Å². The maximum absolute atomic E-state index is 14.6. The first-order chi connectivity index (χ1) is 14.7. The molecule has 2 N–H and O–H groups in total. The van der Waals surface area contributed by atoms with Gasteiger partial charge in [0.2, 0.25) is 0 Å². The largest absolute Gasteiger partial charge is 0.384 e. The highest BCUT2D eigenvalue weighted by atomic mass is 19.1. The molecule has 0 amide bonds. The molecule has 0 unspecified atom stereocenters. The quantitative estimate of drug-likeness (QED) is 0.565. The third-order valence-electron chi connectivity index (χ3n) is 6.34. The van der Waals surface area contributed by atoms with E-state index in [-0.39, 0.29) is 5.82 Å². The smallest absolute Gasteiger partial charge is 0.149 e. The van der Waals surface area contributed by atoms with E-state index in [0.29, 0.717) is 17.5 Å².